The lowest BCUT2D eigenvalue weighted by Gasteiger charge is -2.20. The number of nitrogens with one attached hydrogen (secondary N) is 1. The van der Waals surface area contributed by atoms with E-state index < -0.39 is 0 Å². The fraction of sp³-hybridized carbons (Fsp3) is 0.286. The molecular weight excluding hydrogens is 376 g/mol. The van der Waals surface area contributed by atoms with Crippen LogP contribution in [0.2, 0.25) is 5.02 Å². The summed E-state index contributed by atoms with van der Waals surface area (Å²) in [6.07, 6.45) is 0. The molecule has 0 saturated heterocycles. The maximum atomic E-state index is 12.6. The van der Waals surface area contributed by atoms with Gasteiger partial charge in [-0.25, -0.2) is 4.98 Å². The SMILES string of the molecule is CCN(CC)C(=O)Cn1c(CNC(=O)c2ccc(Cl)cc2)nc2ccccc21. The van der Waals surface area contributed by atoms with Crippen molar-refractivity contribution in [1.82, 2.24) is 19.8 Å². The fourth-order valence-corrected chi connectivity index (χ4v) is 3.24. The van der Waals surface area contributed by atoms with E-state index in [1.807, 2.05) is 42.7 Å². The summed E-state index contributed by atoms with van der Waals surface area (Å²) in [4.78, 5) is 31.4. The second-order valence-electron chi connectivity index (χ2n) is 6.36. The Labute approximate surface area is 169 Å². The molecule has 3 aromatic rings. The number of nitrogens with zero attached hydrogens (tertiary/aromatic N) is 3. The molecule has 0 bridgehead atoms. The molecule has 1 N–H and O–H groups in total. The number of hydrogen-bond donors (Lipinski definition) is 1. The molecule has 2 aromatic carbocycles. The van der Waals surface area contributed by atoms with Crippen molar-refractivity contribution in [3.63, 3.8) is 0 Å². The first-order valence-electron chi connectivity index (χ1n) is 9.29. The standard InChI is InChI=1S/C21H23ClN4O2/c1-3-25(4-2)20(27)14-26-18-8-6-5-7-17(18)24-19(26)13-23-21(28)15-9-11-16(22)12-10-15/h5-12H,3-4,13-14H2,1-2H3,(H,23,28). The number of likely N-dealkylation sites (N-methyl/N-ethyl adjacent to an activating group) is 1. The van der Waals surface area contributed by atoms with Crippen molar-refractivity contribution in [1.29, 1.82) is 0 Å². The number of para-hydroxylation sites is 2. The number of carbonyl (C=O) groups excluding carboxylic acids is 2. The molecule has 0 aliphatic carbocycles. The quantitative estimate of drug-likeness (QED) is 0.662. The third-order valence-electron chi connectivity index (χ3n) is 4.66. The monoisotopic (exact) mass is 398 g/mol. The predicted molar refractivity (Wildman–Crippen MR) is 110 cm³/mol. The van der Waals surface area contributed by atoms with Crippen LogP contribution < -0.4 is 5.32 Å². The van der Waals surface area contributed by atoms with E-state index in [1.165, 1.54) is 0 Å². The van der Waals surface area contributed by atoms with Gasteiger partial charge in [-0.2, -0.15) is 0 Å². The molecule has 0 atom stereocenters. The Balaban J connectivity index is 1.83. The number of fused-ring (bicyclic) bond motifs is 1. The van der Waals surface area contributed by atoms with Crippen LogP contribution in [0.5, 0.6) is 0 Å². The lowest BCUT2D eigenvalue weighted by molar-refractivity contribution is -0.131. The van der Waals surface area contributed by atoms with Crippen molar-refractivity contribution >= 4 is 34.4 Å². The molecule has 1 aromatic heterocycles. The van der Waals surface area contributed by atoms with Crippen molar-refractivity contribution < 1.29 is 9.59 Å². The third kappa shape index (κ3) is 4.34. The number of imidazole rings is 1. The summed E-state index contributed by atoms with van der Waals surface area (Å²) in [6, 6.07) is 14.3. The zero-order valence-electron chi connectivity index (χ0n) is 16.0. The van der Waals surface area contributed by atoms with Crippen LogP contribution in [0.15, 0.2) is 48.5 Å². The summed E-state index contributed by atoms with van der Waals surface area (Å²) in [5.41, 5.74) is 2.19. The lowest BCUT2D eigenvalue weighted by atomic mass is 10.2. The molecule has 146 valence electrons. The number of carbonyl (C=O) groups is 2. The number of hydrogen-bond acceptors (Lipinski definition) is 3. The zero-order chi connectivity index (χ0) is 20.1. The van der Waals surface area contributed by atoms with Gasteiger partial charge in [0.2, 0.25) is 5.91 Å². The first-order chi connectivity index (χ1) is 13.5. The van der Waals surface area contributed by atoms with Gasteiger partial charge >= 0.3 is 0 Å². The number of rotatable bonds is 7. The topological polar surface area (TPSA) is 67.2 Å². The van der Waals surface area contributed by atoms with E-state index in [-0.39, 0.29) is 24.9 Å². The molecule has 0 aliphatic rings. The van der Waals surface area contributed by atoms with Gasteiger partial charge in [0.05, 0.1) is 17.6 Å². The van der Waals surface area contributed by atoms with E-state index in [0.717, 1.165) is 11.0 Å². The summed E-state index contributed by atoms with van der Waals surface area (Å²) >= 11 is 5.87. The van der Waals surface area contributed by atoms with Gasteiger partial charge in [0, 0.05) is 23.7 Å². The van der Waals surface area contributed by atoms with E-state index in [2.05, 4.69) is 10.3 Å². The smallest absolute Gasteiger partial charge is 0.251 e. The van der Waals surface area contributed by atoms with Crippen LogP contribution in [0, 0.1) is 0 Å². The maximum Gasteiger partial charge on any atom is 0.251 e. The number of amides is 2. The van der Waals surface area contributed by atoms with Crippen molar-refractivity contribution in [2.24, 2.45) is 0 Å². The van der Waals surface area contributed by atoms with E-state index in [4.69, 9.17) is 11.6 Å². The first-order valence-corrected chi connectivity index (χ1v) is 9.67. The molecule has 6 nitrogen and oxygen atoms in total. The average molecular weight is 399 g/mol. The van der Waals surface area contributed by atoms with Gasteiger partial charge in [-0.1, -0.05) is 23.7 Å². The van der Waals surface area contributed by atoms with Crippen LogP contribution in [0.1, 0.15) is 30.0 Å². The normalized spacial score (nSPS) is 10.8. The minimum absolute atomic E-state index is 0.0263. The van der Waals surface area contributed by atoms with Gasteiger partial charge in [0.1, 0.15) is 12.4 Å². The van der Waals surface area contributed by atoms with Crippen LogP contribution in [-0.4, -0.2) is 39.4 Å². The molecule has 0 radical (unpaired) electrons. The Hall–Kier alpha value is -2.86. The predicted octanol–water partition coefficient (Wildman–Crippen LogP) is 3.49. The van der Waals surface area contributed by atoms with Crippen LogP contribution in [-0.2, 0) is 17.9 Å². The maximum absolute atomic E-state index is 12.6. The molecular formula is C21H23ClN4O2. The largest absolute Gasteiger partial charge is 0.345 e. The van der Waals surface area contributed by atoms with E-state index >= 15 is 0 Å². The summed E-state index contributed by atoms with van der Waals surface area (Å²) in [7, 11) is 0. The molecule has 0 fully saturated rings. The molecule has 2 amide bonds. The Morgan fingerprint density at radius 2 is 1.75 bits per heavy atom. The molecule has 0 spiro atoms. The molecule has 0 saturated carbocycles. The minimum Gasteiger partial charge on any atom is -0.345 e. The van der Waals surface area contributed by atoms with Crippen molar-refractivity contribution in [3.8, 4) is 0 Å². The molecule has 28 heavy (non-hydrogen) atoms. The van der Waals surface area contributed by atoms with Crippen LogP contribution in [0.4, 0.5) is 0 Å². The summed E-state index contributed by atoms with van der Waals surface area (Å²) < 4.78 is 1.87. The summed E-state index contributed by atoms with van der Waals surface area (Å²) in [6.45, 7) is 5.65. The van der Waals surface area contributed by atoms with Crippen LogP contribution >= 0.6 is 11.6 Å². The summed E-state index contributed by atoms with van der Waals surface area (Å²) in [5.74, 6) is 0.452. The number of halogens is 1. The highest BCUT2D eigenvalue weighted by Gasteiger charge is 2.17. The first kappa shape index (κ1) is 19.9. The average Bonchev–Trinajstić information content (AvgIpc) is 3.05. The Kier molecular flexibility index (Phi) is 6.31. The second kappa shape index (κ2) is 8.89. The second-order valence-corrected chi connectivity index (χ2v) is 6.79. The van der Waals surface area contributed by atoms with E-state index in [1.54, 1.807) is 29.2 Å². The van der Waals surface area contributed by atoms with Gasteiger partial charge in [0.25, 0.3) is 5.91 Å². The zero-order valence-corrected chi connectivity index (χ0v) is 16.7. The lowest BCUT2D eigenvalue weighted by Crippen LogP contribution is -2.34. The molecule has 3 rings (SSSR count). The van der Waals surface area contributed by atoms with Gasteiger partial charge in [-0.3, -0.25) is 9.59 Å². The molecule has 0 unspecified atom stereocenters. The van der Waals surface area contributed by atoms with Crippen LogP contribution in [0.3, 0.4) is 0 Å². The van der Waals surface area contributed by atoms with Crippen molar-refractivity contribution in [2.45, 2.75) is 26.9 Å². The van der Waals surface area contributed by atoms with Gasteiger partial charge in [0.15, 0.2) is 0 Å². The molecule has 1 heterocycles. The highest BCUT2D eigenvalue weighted by Crippen LogP contribution is 2.17. The van der Waals surface area contributed by atoms with E-state index in [9.17, 15) is 9.59 Å². The summed E-state index contributed by atoms with van der Waals surface area (Å²) in [5, 5.41) is 3.45. The fourth-order valence-electron chi connectivity index (χ4n) is 3.11. The third-order valence-corrected chi connectivity index (χ3v) is 4.91. The number of aromatic nitrogens is 2. The highest BCUT2D eigenvalue weighted by atomic mass is 35.5. The van der Waals surface area contributed by atoms with Gasteiger partial charge < -0.3 is 14.8 Å². The van der Waals surface area contributed by atoms with E-state index in [0.29, 0.717) is 29.5 Å². The minimum atomic E-state index is -0.217. The number of benzene rings is 2. The van der Waals surface area contributed by atoms with Crippen molar-refractivity contribution in [2.75, 3.05) is 13.1 Å². The van der Waals surface area contributed by atoms with Gasteiger partial charge in [-0.15, -0.1) is 0 Å². The Bertz CT molecular complexity index is 978. The van der Waals surface area contributed by atoms with Crippen molar-refractivity contribution in [3.05, 3.63) is 64.9 Å². The van der Waals surface area contributed by atoms with Crippen LogP contribution in [0.25, 0.3) is 11.0 Å². The molecule has 7 heteroatoms. The molecule has 0 aliphatic heterocycles. The van der Waals surface area contributed by atoms with Gasteiger partial charge in [-0.05, 0) is 50.2 Å². The Morgan fingerprint density at radius 3 is 2.43 bits per heavy atom. The Morgan fingerprint density at radius 1 is 1.07 bits per heavy atom. The highest BCUT2D eigenvalue weighted by molar-refractivity contribution is 6.30.